The van der Waals surface area contributed by atoms with E-state index in [2.05, 4.69) is 5.32 Å². The second kappa shape index (κ2) is 4.49. The molecule has 1 atom stereocenters. The molecule has 4 nitrogen and oxygen atoms in total. The van der Waals surface area contributed by atoms with Crippen molar-refractivity contribution in [3.05, 3.63) is 35.4 Å². The zero-order valence-electron chi connectivity index (χ0n) is 9.53. The highest BCUT2D eigenvalue weighted by Crippen LogP contribution is 2.15. The Balaban J connectivity index is 2.27. The van der Waals surface area contributed by atoms with Crippen LogP contribution in [0.1, 0.15) is 22.3 Å². The summed E-state index contributed by atoms with van der Waals surface area (Å²) in [5.74, 6) is -2.34. The minimum absolute atomic E-state index is 0.230. The van der Waals surface area contributed by atoms with Crippen LogP contribution in [-0.4, -0.2) is 24.0 Å². The molecule has 17 heavy (non-hydrogen) atoms. The fourth-order valence-corrected chi connectivity index (χ4v) is 1.85. The zero-order chi connectivity index (χ0) is 12.4. The summed E-state index contributed by atoms with van der Waals surface area (Å²) in [6, 6.07) is 6.87. The summed E-state index contributed by atoms with van der Waals surface area (Å²) < 4.78 is 0. The summed E-state index contributed by atoms with van der Waals surface area (Å²) in [5, 5.41) is 2.54. The number of amides is 1. The third-order valence-electron chi connectivity index (χ3n) is 2.85. The molecular weight excluding hydrogens is 218 g/mol. The number of carbonyl (C=O) groups is 3. The molecule has 4 heteroatoms. The smallest absolute Gasteiger partial charge is 0.238 e. The van der Waals surface area contributed by atoms with Crippen LogP contribution in [0.5, 0.6) is 0 Å². The van der Waals surface area contributed by atoms with Gasteiger partial charge in [-0.1, -0.05) is 29.8 Å². The molecule has 1 heterocycles. The molecule has 1 unspecified atom stereocenters. The minimum atomic E-state index is -1.16. The van der Waals surface area contributed by atoms with Crippen LogP contribution in [0.15, 0.2) is 24.3 Å². The maximum absolute atomic E-state index is 12.1. The summed E-state index contributed by atoms with van der Waals surface area (Å²) >= 11 is 0. The van der Waals surface area contributed by atoms with Crippen molar-refractivity contribution >= 4 is 17.5 Å². The number of hydrogen-bond donors (Lipinski definition) is 1. The first-order valence-corrected chi connectivity index (χ1v) is 5.51. The van der Waals surface area contributed by atoms with E-state index < -0.39 is 17.6 Å². The van der Waals surface area contributed by atoms with Crippen molar-refractivity contribution in [2.24, 2.45) is 5.92 Å². The lowest BCUT2D eigenvalue weighted by atomic mass is 9.89. The van der Waals surface area contributed by atoms with E-state index in [9.17, 15) is 14.4 Å². The third kappa shape index (κ3) is 2.25. The van der Waals surface area contributed by atoms with Gasteiger partial charge in [-0.3, -0.25) is 14.4 Å². The summed E-state index contributed by atoms with van der Waals surface area (Å²) in [6.07, 6.45) is 0.230. The second-order valence-corrected chi connectivity index (χ2v) is 4.17. The second-order valence-electron chi connectivity index (χ2n) is 4.17. The predicted octanol–water partition coefficient (Wildman–Crippen LogP) is 0.883. The van der Waals surface area contributed by atoms with Gasteiger partial charge in [0.15, 0.2) is 17.5 Å². The van der Waals surface area contributed by atoms with Gasteiger partial charge >= 0.3 is 0 Å². The molecule has 1 aliphatic rings. The molecule has 1 N–H and O–H groups in total. The fourth-order valence-electron chi connectivity index (χ4n) is 1.85. The van der Waals surface area contributed by atoms with Crippen molar-refractivity contribution < 1.29 is 14.4 Å². The van der Waals surface area contributed by atoms with E-state index in [-0.39, 0.29) is 12.2 Å². The number of nitrogens with one attached hydrogen (secondary N) is 1. The maximum atomic E-state index is 12.1. The van der Waals surface area contributed by atoms with E-state index in [0.29, 0.717) is 12.1 Å². The van der Waals surface area contributed by atoms with Gasteiger partial charge in [0.1, 0.15) is 0 Å². The van der Waals surface area contributed by atoms with Crippen LogP contribution in [0, 0.1) is 12.8 Å². The first-order valence-electron chi connectivity index (χ1n) is 5.51. The number of rotatable bonds is 2. The Kier molecular flexibility index (Phi) is 3.04. The number of ketones is 2. The summed E-state index contributed by atoms with van der Waals surface area (Å²) in [7, 11) is 0. The van der Waals surface area contributed by atoms with Crippen molar-refractivity contribution in [1.29, 1.82) is 0 Å². The molecule has 0 spiro atoms. The van der Waals surface area contributed by atoms with Crippen LogP contribution in [0.2, 0.25) is 0 Å². The van der Waals surface area contributed by atoms with Crippen molar-refractivity contribution in [2.75, 3.05) is 6.54 Å². The summed E-state index contributed by atoms with van der Waals surface area (Å²) in [6.45, 7) is 2.24. The fraction of sp³-hybridized carbons (Fsp3) is 0.308. The highest BCUT2D eigenvalue weighted by atomic mass is 16.2. The van der Waals surface area contributed by atoms with E-state index in [1.54, 1.807) is 24.3 Å². The minimum Gasteiger partial charge on any atom is -0.355 e. The summed E-state index contributed by atoms with van der Waals surface area (Å²) in [4.78, 5) is 35.2. The number of carbonyl (C=O) groups excluding carboxylic acids is 3. The largest absolute Gasteiger partial charge is 0.355 e. The first kappa shape index (κ1) is 11.5. The topological polar surface area (TPSA) is 63.2 Å². The lowest BCUT2D eigenvalue weighted by Gasteiger charge is -2.19. The van der Waals surface area contributed by atoms with Crippen LogP contribution >= 0.6 is 0 Å². The van der Waals surface area contributed by atoms with Gasteiger partial charge in [0, 0.05) is 18.5 Å². The van der Waals surface area contributed by atoms with Gasteiger partial charge in [-0.25, -0.2) is 0 Å². The van der Waals surface area contributed by atoms with E-state index >= 15 is 0 Å². The van der Waals surface area contributed by atoms with Gasteiger partial charge in [-0.15, -0.1) is 0 Å². The number of aryl methyl sites for hydroxylation is 1. The molecule has 2 rings (SSSR count). The number of piperidine rings is 1. The number of benzene rings is 1. The van der Waals surface area contributed by atoms with Crippen molar-refractivity contribution in [2.45, 2.75) is 13.3 Å². The van der Waals surface area contributed by atoms with Crippen LogP contribution in [-0.2, 0) is 9.59 Å². The van der Waals surface area contributed by atoms with E-state index in [1.165, 1.54) is 0 Å². The molecule has 0 saturated carbocycles. The highest BCUT2D eigenvalue weighted by Gasteiger charge is 2.36. The normalized spacial score (nSPS) is 19.9. The van der Waals surface area contributed by atoms with E-state index in [1.807, 2.05) is 6.92 Å². The Morgan fingerprint density at radius 1 is 1.24 bits per heavy atom. The van der Waals surface area contributed by atoms with Gasteiger partial charge in [-0.2, -0.15) is 0 Å². The summed E-state index contributed by atoms with van der Waals surface area (Å²) in [5.41, 5.74) is 1.44. The Hall–Kier alpha value is -1.97. The Morgan fingerprint density at radius 3 is 2.47 bits per heavy atom. The standard InChI is InChI=1S/C13H13NO3/c1-8-2-4-9(5-3-8)12(16)11-10(15)6-7-14-13(11)17/h2-5,11H,6-7H2,1H3,(H,14,17). The van der Waals surface area contributed by atoms with Crippen LogP contribution < -0.4 is 5.32 Å². The maximum Gasteiger partial charge on any atom is 0.238 e. The molecule has 1 aliphatic heterocycles. The average Bonchev–Trinajstić information content (AvgIpc) is 2.29. The molecule has 1 aromatic carbocycles. The molecule has 0 bridgehead atoms. The Morgan fingerprint density at radius 2 is 1.88 bits per heavy atom. The van der Waals surface area contributed by atoms with Crippen LogP contribution in [0.3, 0.4) is 0 Å². The van der Waals surface area contributed by atoms with Gasteiger partial charge in [0.2, 0.25) is 5.91 Å². The molecule has 1 fully saturated rings. The average molecular weight is 231 g/mol. The highest BCUT2D eigenvalue weighted by molar-refractivity contribution is 6.24. The van der Waals surface area contributed by atoms with Gasteiger partial charge in [0.05, 0.1) is 0 Å². The van der Waals surface area contributed by atoms with Gasteiger partial charge in [-0.05, 0) is 6.92 Å². The van der Waals surface area contributed by atoms with E-state index in [4.69, 9.17) is 0 Å². The van der Waals surface area contributed by atoms with Gasteiger partial charge < -0.3 is 5.32 Å². The molecule has 0 radical (unpaired) electrons. The molecule has 0 aromatic heterocycles. The number of hydrogen-bond acceptors (Lipinski definition) is 3. The Labute approximate surface area is 99.0 Å². The Bertz CT molecular complexity index is 460. The quantitative estimate of drug-likeness (QED) is 0.607. The molecule has 88 valence electrons. The van der Waals surface area contributed by atoms with Crippen molar-refractivity contribution in [3.8, 4) is 0 Å². The van der Waals surface area contributed by atoms with Crippen LogP contribution in [0.4, 0.5) is 0 Å². The predicted molar refractivity (Wildman–Crippen MR) is 61.6 cm³/mol. The molecule has 0 aliphatic carbocycles. The molecule has 1 aromatic rings. The SMILES string of the molecule is Cc1ccc(C(=O)C2C(=O)CCNC2=O)cc1. The molecular formula is C13H13NO3. The molecule has 1 saturated heterocycles. The third-order valence-corrected chi connectivity index (χ3v) is 2.85. The molecule has 1 amide bonds. The first-order chi connectivity index (χ1) is 8.09. The van der Waals surface area contributed by atoms with Gasteiger partial charge in [0.25, 0.3) is 0 Å². The lowest BCUT2D eigenvalue weighted by molar-refractivity contribution is -0.134. The van der Waals surface area contributed by atoms with Crippen molar-refractivity contribution in [3.63, 3.8) is 0 Å². The number of Topliss-reactive ketones (excluding diaryl/α,β-unsaturated/α-hetero) is 2. The van der Waals surface area contributed by atoms with Crippen molar-refractivity contribution in [1.82, 2.24) is 5.32 Å². The zero-order valence-corrected chi connectivity index (χ0v) is 9.53. The monoisotopic (exact) mass is 231 g/mol. The lowest BCUT2D eigenvalue weighted by Crippen LogP contribution is -2.46. The van der Waals surface area contributed by atoms with Crippen LogP contribution in [0.25, 0.3) is 0 Å². The van der Waals surface area contributed by atoms with E-state index in [0.717, 1.165) is 5.56 Å².